The van der Waals surface area contributed by atoms with Crippen molar-refractivity contribution in [1.82, 2.24) is 15.0 Å². The van der Waals surface area contributed by atoms with Gasteiger partial charge in [-0.15, -0.1) is 0 Å². The Bertz CT molecular complexity index is 2450. The van der Waals surface area contributed by atoms with Crippen LogP contribution in [0, 0.1) is 0 Å². The Labute approximate surface area is 300 Å². The topological polar surface area (TPSA) is 112 Å². The standard InChI is InChI=1S/C43H31N8O/c52-27-1-24-51-25-16-31(17-26-51)43-38-8-6-36(49-38)41(29-12-20-45-21-13-29)34-4-2-32(47-34)40(28-10-18-44-19-11-28)33-3-5-35(48-33)42(30-14-22-46-23-15-30)37-7-9-39(43)50-37/h2-23,25-26,52H,1,24,27H2/q+1. The number of aromatic nitrogens is 4. The maximum absolute atomic E-state index is 9.39. The molecule has 4 aromatic heterocycles. The van der Waals surface area contributed by atoms with Crippen molar-refractivity contribution in [1.29, 1.82) is 0 Å². The molecule has 1 N–H and O–H groups in total. The van der Waals surface area contributed by atoms with Gasteiger partial charge in [-0.25, -0.2) is 24.5 Å². The molecule has 0 aromatic carbocycles. The molecule has 4 aromatic rings. The van der Waals surface area contributed by atoms with Crippen LogP contribution in [-0.4, -0.2) is 49.5 Å². The number of fused-ring (bicyclic) bond motifs is 4. The predicted octanol–water partition coefficient (Wildman–Crippen LogP) is 6.54. The van der Waals surface area contributed by atoms with E-state index in [4.69, 9.17) is 20.0 Å². The molecular weight excluding hydrogens is 645 g/mol. The zero-order valence-electron chi connectivity index (χ0n) is 28.0. The lowest BCUT2D eigenvalue weighted by Crippen LogP contribution is -2.33. The molecule has 9 heteroatoms. The van der Waals surface area contributed by atoms with E-state index in [2.05, 4.69) is 68.1 Å². The monoisotopic (exact) mass is 675 g/mol. The zero-order valence-corrected chi connectivity index (χ0v) is 28.0. The van der Waals surface area contributed by atoms with Gasteiger partial charge in [0.25, 0.3) is 0 Å². The molecule has 52 heavy (non-hydrogen) atoms. The first-order chi connectivity index (χ1) is 25.7. The highest BCUT2D eigenvalue weighted by atomic mass is 16.3. The predicted molar refractivity (Wildman–Crippen MR) is 205 cm³/mol. The van der Waals surface area contributed by atoms with Gasteiger partial charge >= 0.3 is 0 Å². The second kappa shape index (κ2) is 13.5. The number of hydrogen-bond acceptors (Lipinski definition) is 8. The Morgan fingerprint density at radius 2 is 0.712 bits per heavy atom. The van der Waals surface area contributed by atoms with Gasteiger partial charge in [-0.05, 0) is 107 Å². The van der Waals surface area contributed by atoms with Crippen LogP contribution >= 0.6 is 0 Å². The Kier molecular flexibility index (Phi) is 8.07. The minimum absolute atomic E-state index is 0.141. The summed E-state index contributed by atoms with van der Waals surface area (Å²) in [5, 5.41) is 9.39. The van der Waals surface area contributed by atoms with E-state index in [9.17, 15) is 5.11 Å². The average molecular weight is 676 g/mol. The van der Waals surface area contributed by atoms with Gasteiger partial charge < -0.3 is 5.11 Å². The van der Waals surface area contributed by atoms with Gasteiger partial charge in [-0.3, -0.25) is 15.0 Å². The van der Waals surface area contributed by atoms with Crippen LogP contribution in [0.3, 0.4) is 0 Å². The Balaban J connectivity index is 1.33. The first kappa shape index (κ1) is 31.2. The summed E-state index contributed by atoms with van der Waals surface area (Å²) < 4.78 is 2.07. The number of rotatable bonds is 7. The normalized spacial score (nSPS) is 17.4. The van der Waals surface area contributed by atoms with Crippen molar-refractivity contribution >= 4 is 45.1 Å². The van der Waals surface area contributed by atoms with Crippen LogP contribution in [0.4, 0.5) is 0 Å². The summed E-state index contributed by atoms with van der Waals surface area (Å²) in [5.74, 6) is 0. The fourth-order valence-electron chi connectivity index (χ4n) is 6.85. The van der Waals surface area contributed by atoms with Crippen molar-refractivity contribution in [3.05, 3.63) is 192 Å². The van der Waals surface area contributed by atoms with Gasteiger partial charge in [0.1, 0.15) is 0 Å². The highest BCUT2D eigenvalue weighted by Crippen LogP contribution is 2.38. The van der Waals surface area contributed by atoms with E-state index in [1.54, 1.807) is 37.2 Å². The molecule has 0 amide bonds. The van der Waals surface area contributed by atoms with Crippen LogP contribution in [-0.2, 0) is 6.54 Å². The average Bonchev–Trinajstić information content (AvgIpc) is 4.04. The minimum atomic E-state index is 0.141. The van der Waals surface area contributed by atoms with Gasteiger partial charge in [-0.1, -0.05) is 0 Å². The zero-order chi connectivity index (χ0) is 34.9. The molecule has 9 rings (SSSR count). The second-order valence-electron chi connectivity index (χ2n) is 12.5. The number of aryl methyl sites for hydroxylation is 1. The third kappa shape index (κ3) is 5.78. The first-order valence-corrected chi connectivity index (χ1v) is 17.1. The van der Waals surface area contributed by atoms with Crippen molar-refractivity contribution in [2.45, 2.75) is 13.0 Å². The van der Waals surface area contributed by atoms with Crippen LogP contribution in [0.5, 0.6) is 0 Å². The number of aliphatic hydroxyl groups excluding tert-OH is 1. The van der Waals surface area contributed by atoms with Crippen molar-refractivity contribution in [2.75, 3.05) is 6.61 Å². The highest BCUT2D eigenvalue weighted by molar-refractivity contribution is 6.39. The molecule has 0 spiro atoms. The van der Waals surface area contributed by atoms with E-state index in [-0.39, 0.29) is 6.61 Å². The number of pyridine rings is 4. The second-order valence-corrected chi connectivity index (χ2v) is 12.5. The van der Waals surface area contributed by atoms with Gasteiger partial charge in [0.05, 0.1) is 45.6 Å². The molecule has 0 saturated carbocycles. The summed E-state index contributed by atoms with van der Waals surface area (Å²) in [6.45, 7) is 0.865. The lowest BCUT2D eigenvalue weighted by atomic mass is 9.99. The van der Waals surface area contributed by atoms with Gasteiger partial charge in [-0.2, -0.15) is 0 Å². The molecule has 9 heterocycles. The molecule has 0 saturated heterocycles. The maximum atomic E-state index is 9.39. The largest absolute Gasteiger partial charge is 0.396 e. The summed E-state index contributed by atoms with van der Waals surface area (Å²) in [7, 11) is 0. The van der Waals surface area contributed by atoms with Crippen LogP contribution in [0.25, 0.3) is 22.3 Å². The lowest BCUT2D eigenvalue weighted by molar-refractivity contribution is -0.697. The summed E-state index contributed by atoms with van der Waals surface area (Å²) in [4.78, 5) is 34.0. The molecule has 5 aliphatic heterocycles. The maximum Gasteiger partial charge on any atom is 0.169 e. The molecule has 248 valence electrons. The molecular formula is C43H31N8O+. The van der Waals surface area contributed by atoms with Crippen LogP contribution < -0.4 is 4.57 Å². The Hall–Kier alpha value is -6.84. The SMILES string of the molecule is OCCC[n+]1ccc(C2=C3C=CC(=N3)C(c3ccncc3)=C3C=CC(=N3)C(c3ccncc3)=C3C=CC(=N3)C(c3ccncc3)=C3C=CC2=N3)cc1. The van der Waals surface area contributed by atoms with Gasteiger partial charge in [0, 0.05) is 84.6 Å². The quantitative estimate of drug-likeness (QED) is 0.224. The first-order valence-electron chi connectivity index (χ1n) is 17.1. The minimum Gasteiger partial charge on any atom is -0.396 e. The van der Waals surface area contributed by atoms with E-state index < -0.39 is 0 Å². The summed E-state index contributed by atoms with van der Waals surface area (Å²) >= 11 is 0. The molecule has 0 fully saturated rings. The fourth-order valence-corrected chi connectivity index (χ4v) is 6.85. The van der Waals surface area contributed by atoms with E-state index in [0.717, 1.165) is 96.7 Å². The molecule has 0 radical (unpaired) electrons. The summed E-state index contributed by atoms with van der Waals surface area (Å²) in [6, 6.07) is 16.1. The summed E-state index contributed by atoms with van der Waals surface area (Å²) in [5.41, 5.74) is 13.8. The molecule has 8 bridgehead atoms. The third-order valence-corrected chi connectivity index (χ3v) is 9.27. The van der Waals surface area contributed by atoms with Crippen LogP contribution in [0.2, 0.25) is 0 Å². The van der Waals surface area contributed by atoms with Crippen LogP contribution in [0.15, 0.2) is 189 Å². The van der Waals surface area contributed by atoms with E-state index >= 15 is 0 Å². The number of hydrogen-bond donors (Lipinski definition) is 1. The van der Waals surface area contributed by atoms with Crippen molar-refractivity contribution in [3.8, 4) is 0 Å². The van der Waals surface area contributed by atoms with E-state index in [1.807, 2.05) is 60.9 Å². The number of nitrogens with zero attached hydrogens (tertiary/aromatic N) is 8. The Morgan fingerprint density at radius 3 is 1.02 bits per heavy atom. The third-order valence-electron chi connectivity index (χ3n) is 9.27. The van der Waals surface area contributed by atoms with E-state index in [1.165, 1.54) is 0 Å². The lowest BCUT2D eigenvalue weighted by Gasteiger charge is -2.12. The van der Waals surface area contributed by atoms with Crippen molar-refractivity contribution < 1.29 is 9.67 Å². The van der Waals surface area contributed by atoms with Gasteiger partial charge in [0.15, 0.2) is 18.9 Å². The molecule has 0 atom stereocenters. The fraction of sp³-hybridized carbons (Fsp3) is 0.0698. The highest BCUT2D eigenvalue weighted by Gasteiger charge is 2.27. The number of allylic oxidation sites excluding steroid dienone is 12. The van der Waals surface area contributed by atoms with Crippen molar-refractivity contribution in [3.63, 3.8) is 0 Å². The Morgan fingerprint density at radius 1 is 0.404 bits per heavy atom. The smallest absolute Gasteiger partial charge is 0.169 e. The van der Waals surface area contributed by atoms with Crippen LogP contribution in [0.1, 0.15) is 28.7 Å². The number of aliphatic hydroxyl groups is 1. The molecule has 9 nitrogen and oxygen atoms in total. The summed E-state index contributed by atoms with van der Waals surface area (Å²) in [6.07, 6.45) is 31.9. The molecule has 0 unspecified atom stereocenters. The molecule has 0 aliphatic carbocycles. The van der Waals surface area contributed by atoms with Gasteiger partial charge in [0.2, 0.25) is 0 Å². The van der Waals surface area contributed by atoms with Crippen molar-refractivity contribution in [2.24, 2.45) is 20.0 Å². The van der Waals surface area contributed by atoms with E-state index in [0.29, 0.717) is 6.42 Å². The molecule has 5 aliphatic rings. The number of aliphatic imine (C=N–C) groups is 4.